The van der Waals surface area contributed by atoms with E-state index in [4.69, 9.17) is 0 Å². The maximum Gasteiger partial charge on any atom is 0.0475 e. The number of nitrogens with zero attached hydrogens (tertiary/aromatic N) is 1. The zero-order valence-corrected chi connectivity index (χ0v) is 12.6. The molecule has 0 bridgehead atoms. The molecule has 1 aliphatic carbocycles. The lowest BCUT2D eigenvalue weighted by molar-refractivity contribution is 0.207. The predicted molar refractivity (Wildman–Crippen MR) is 82.6 cm³/mol. The van der Waals surface area contributed by atoms with Crippen LogP contribution in [-0.2, 0) is 6.42 Å². The highest BCUT2D eigenvalue weighted by atomic mass is 16.3. The molecule has 20 heavy (non-hydrogen) atoms. The number of aromatic nitrogens is 1. The highest BCUT2D eigenvalue weighted by molar-refractivity contribution is 5.04. The lowest BCUT2D eigenvalue weighted by Crippen LogP contribution is -2.37. The first-order chi connectivity index (χ1) is 9.81. The van der Waals surface area contributed by atoms with Gasteiger partial charge in [0.15, 0.2) is 0 Å². The molecule has 1 aliphatic rings. The van der Waals surface area contributed by atoms with Crippen molar-refractivity contribution in [2.75, 3.05) is 13.2 Å². The van der Waals surface area contributed by atoms with Crippen LogP contribution in [0.5, 0.6) is 0 Å². The number of aliphatic hydroxyl groups excluding tert-OH is 1. The van der Waals surface area contributed by atoms with Crippen LogP contribution < -0.4 is 5.32 Å². The Morgan fingerprint density at radius 3 is 2.70 bits per heavy atom. The molecule has 2 N–H and O–H groups in total. The van der Waals surface area contributed by atoms with E-state index in [9.17, 15) is 5.11 Å². The molecule has 0 radical (unpaired) electrons. The molecular weight excluding hydrogens is 248 g/mol. The lowest BCUT2D eigenvalue weighted by Gasteiger charge is -2.29. The number of nitrogens with one attached hydrogen (secondary N) is 1. The number of hydrogen-bond acceptors (Lipinski definition) is 3. The van der Waals surface area contributed by atoms with E-state index in [1.54, 1.807) is 0 Å². The molecule has 1 aromatic heterocycles. The second kappa shape index (κ2) is 8.38. The second-order valence-corrected chi connectivity index (χ2v) is 6.11. The summed E-state index contributed by atoms with van der Waals surface area (Å²) in [6, 6.07) is 6.63. The van der Waals surface area contributed by atoms with Crippen molar-refractivity contribution in [1.82, 2.24) is 10.3 Å². The molecule has 0 saturated heterocycles. The second-order valence-electron chi connectivity index (χ2n) is 6.11. The average Bonchev–Trinajstić information content (AvgIpc) is 2.53. The summed E-state index contributed by atoms with van der Waals surface area (Å²) in [5, 5.41) is 13.2. The summed E-state index contributed by atoms with van der Waals surface area (Å²) < 4.78 is 0. The number of hydrogen-bond donors (Lipinski definition) is 2. The summed E-state index contributed by atoms with van der Waals surface area (Å²) in [6.07, 6.45) is 9.31. The molecule has 3 heteroatoms. The Bertz CT molecular complexity index is 361. The third-order valence-electron chi connectivity index (χ3n) is 4.60. The molecule has 1 aromatic rings. The Morgan fingerprint density at radius 2 is 2.10 bits per heavy atom. The van der Waals surface area contributed by atoms with Gasteiger partial charge in [-0.15, -0.1) is 0 Å². The van der Waals surface area contributed by atoms with Crippen LogP contribution in [0, 0.1) is 11.8 Å². The van der Waals surface area contributed by atoms with Crippen molar-refractivity contribution in [2.45, 2.75) is 51.5 Å². The minimum Gasteiger partial charge on any atom is -0.396 e. The molecular formula is C17H28N2O. The van der Waals surface area contributed by atoms with Crippen molar-refractivity contribution in [1.29, 1.82) is 0 Å². The van der Waals surface area contributed by atoms with Crippen LogP contribution in [0.3, 0.4) is 0 Å². The summed E-state index contributed by atoms with van der Waals surface area (Å²) in [5.41, 5.74) is 1.07. The summed E-state index contributed by atoms with van der Waals surface area (Å²) in [6.45, 7) is 3.43. The Kier molecular flexibility index (Phi) is 6.48. The quantitative estimate of drug-likeness (QED) is 0.805. The van der Waals surface area contributed by atoms with Crippen LogP contribution in [0.1, 0.15) is 44.7 Å². The van der Waals surface area contributed by atoms with Crippen LogP contribution in [0.4, 0.5) is 0 Å². The Hall–Kier alpha value is -0.930. The van der Waals surface area contributed by atoms with E-state index >= 15 is 0 Å². The number of pyridine rings is 1. The third kappa shape index (κ3) is 4.88. The minimum absolute atomic E-state index is 0.230. The van der Waals surface area contributed by atoms with Crippen molar-refractivity contribution in [3.05, 3.63) is 30.1 Å². The van der Waals surface area contributed by atoms with E-state index < -0.39 is 0 Å². The highest BCUT2D eigenvalue weighted by Crippen LogP contribution is 2.26. The normalized spacial score (nSPS) is 24.5. The topological polar surface area (TPSA) is 45.1 Å². The van der Waals surface area contributed by atoms with Gasteiger partial charge in [0.2, 0.25) is 0 Å². The zero-order valence-electron chi connectivity index (χ0n) is 12.6. The summed E-state index contributed by atoms with van der Waals surface area (Å²) in [4.78, 5) is 4.34. The molecule has 3 nitrogen and oxygen atoms in total. The van der Waals surface area contributed by atoms with Crippen molar-refractivity contribution in [2.24, 2.45) is 11.8 Å². The molecule has 0 aromatic carbocycles. The van der Waals surface area contributed by atoms with Crippen LogP contribution in [0.2, 0.25) is 0 Å². The van der Waals surface area contributed by atoms with Crippen molar-refractivity contribution < 1.29 is 5.11 Å². The first-order valence-electron chi connectivity index (χ1n) is 8.06. The van der Waals surface area contributed by atoms with Crippen molar-refractivity contribution in [3.63, 3.8) is 0 Å². The highest BCUT2D eigenvalue weighted by Gasteiger charge is 2.20. The van der Waals surface area contributed by atoms with E-state index in [1.807, 2.05) is 24.4 Å². The Labute approximate surface area is 122 Å². The Balaban J connectivity index is 1.71. The lowest BCUT2D eigenvalue weighted by atomic mass is 9.84. The van der Waals surface area contributed by atoms with E-state index in [2.05, 4.69) is 17.2 Å². The monoisotopic (exact) mass is 276 g/mol. The fraction of sp³-hybridized carbons (Fsp3) is 0.706. The van der Waals surface area contributed by atoms with E-state index in [0.29, 0.717) is 6.04 Å². The molecule has 0 amide bonds. The van der Waals surface area contributed by atoms with Gasteiger partial charge in [-0.1, -0.05) is 19.4 Å². The summed E-state index contributed by atoms with van der Waals surface area (Å²) in [7, 11) is 0. The SMILES string of the molecule is CCC1CCC(NCC(CO)Cc2ccccn2)CC1. The third-order valence-corrected chi connectivity index (χ3v) is 4.60. The smallest absolute Gasteiger partial charge is 0.0475 e. The van der Waals surface area contributed by atoms with E-state index in [-0.39, 0.29) is 12.5 Å². The van der Waals surface area contributed by atoms with Gasteiger partial charge >= 0.3 is 0 Å². The molecule has 1 fully saturated rings. The number of aliphatic hydroxyl groups is 1. The summed E-state index contributed by atoms with van der Waals surface area (Å²) in [5.74, 6) is 1.21. The molecule has 0 spiro atoms. The summed E-state index contributed by atoms with van der Waals surface area (Å²) >= 11 is 0. The fourth-order valence-corrected chi connectivity index (χ4v) is 3.12. The zero-order chi connectivity index (χ0) is 14.2. The molecule has 1 saturated carbocycles. The van der Waals surface area contributed by atoms with Crippen LogP contribution in [0.15, 0.2) is 24.4 Å². The maximum absolute atomic E-state index is 9.53. The largest absolute Gasteiger partial charge is 0.396 e. The van der Waals surface area contributed by atoms with Gasteiger partial charge in [-0.05, 0) is 56.1 Å². The van der Waals surface area contributed by atoms with E-state index in [0.717, 1.165) is 24.6 Å². The van der Waals surface area contributed by atoms with Gasteiger partial charge in [0.1, 0.15) is 0 Å². The van der Waals surface area contributed by atoms with Gasteiger partial charge in [0.25, 0.3) is 0 Å². The first-order valence-corrected chi connectivity index (χ1v) is 8.06. The van der Waals surface area contributed by atoms with Gasteiger partial charge < -0.3 is 10.4 Å². The molecule has 112 valence electrons. The predicted octanol–water partition coefficient (Wildman–Crippen LogP) is 2.79. The van der Waals surface area contributed by atoms with Crippen LogP contribution in [-0.4, -0.2) is 29.3 Å². The van der Waals surface area contributed by atoms with Gasteiger partial charge in [-0.3, -0.25) is 4.98 Å². The first kappa shape index (κ1) is 15.5. The fourth-order valence-electron chi connectivity index (χ4n) is 3.12. The molecule has 0 aliphatic heterocycles. The van der Waals surface area contributed by atoms with Gasteiger partial charge in [0, 0.05) is 31.1 Å². The van der Waals surface area contributed by atoms with Crippen LogP contribution in [0.25, 0.3) is 0 Å². The molecule has 1 heterocycles. The molecule has 2 rings (SSSR count). The number of rotatable bonds is 7. The van der Waals surface area contributed by atoms with Crippen LogP contribution >= 0.6 is 0 Å². The van der Waals surface area contributed by atoms with Gasteiger partial charge in [-0.25, -0.2) is 0 Å². The maximum atomic E-state index is 9.53. The molecule has 1 unspecified atom stereocenters. The average molecular weight is 276 g/mol. The van der Waals surface area contributed by atoms with E-state index in [1.165, 1.54) is 32.1 Å². The minimum atomic E-state index is 0.230. The molecule has 1 atom stereocenters. The van der Waals surface area contributed by atoms with Gasteiger partial charge in [-0.2, -0.15) is 0 Å². The standard InChI is InChI=1S/C17H28N2O/c1-2-14-6-8-16(9-7-14)19-12-15(13-20)11-17-5-3-4-10-18-17/h3-5,10,14-16,19-20H,2,6-9,11-13H2,1H3. The Morgan fingerprint density at radius 1 is 1.30 bits per heavy atom. The van der Waals surface area contributed by atoms with Crippen molar-refractivity contribution in [3.8, 4) is 0 Å². The van der Waals surface area contributed by atoms with Crippen molar-refractivity contribution >= 4 is 0 Å². The van der Waals surface area contributed by atoms with Gasteiger partial charge in [0.05, 0.1) is 0 Å².